The summed E-state index contributed by atoms with van der Waals surface area (Å²) in [7, 11) is 0. The van der Waals surface area contributed by atoms with Crippen LogP contribution in [0.25, 0.3) is 0 Å². The Morgan fingerprint density at radius 3 is 1.64 bits per heavy atom. The first kappa shape index (κ1) is 6.51. The average molecular weight is 150 g/mol. The summed E-state index contributed by atoms with van der Waals surface area (Å²) in [5, 5.41) is 0. The Bertz CT molecular complexity index is 139. The highest BCUT2D eigenvalue weighted by Gasteiger charge is 2.40. The molecule has 4 unspecified atom stereocenters. The van der Waals surface area contributed by atoms with E-state index in [-0.39, 0.29) is 0 Å². The summed E-state index contributed by atoms with van der Waals surface area (Å²) in [6.07, 6.45) is 11.2. The van der Waals surface area contributed by atoms with E-state index >= 15 is 0 Å². The van der Waals surface area contributed by atoms with Gasteiger partial charge in [-0.3, -0.25) is 0 Å². The van der Waals surface area contributed by atoms with E-state index in [1.54, 1.807) is 44.9 Å². The van der Waals surface area contributed by atoms with Crippen molar-refractivity contribution in [2.75, 3.05) is 0 Å². The lowest BCUT2D eigenvalue weighted by atomic mass is 9.71. The van der Waals surface area contributed by atoms with E-state index in [4.69, 9.17) is 0 Å². The van der Waals surface area contributed by atoms with Crippen LogP contribution in [0.5, 0.6) is 0 Å². The first-order valence-corrected chi connectivity index (χ1v) is 5.42. The van der Waals surface area contributed by atoms with E-state index in [0.29, 0.717) is 0 Å². The van der Waals surface area contributed by atoms with Crippen molar-refractivity contribution in [1.82, 2.24) is 0 Å². The molecule has 4 bridgehead atoms. The van der Waals surface area contributed by atoms with Crippen LogP contribution >= 0.6 is 0 Å². The third-order valence-electron chi connectivity index (χ3n) is 4.50. The normalized spacial score (nSPS) is 54.5. The Morgan fingerprint density at radius 2 is 1.09 bits per heavy atom. The van der Waals surface area contributed by atoms with Crippen LogP contribution in [-0.2, 0) is 0 Å². The van der Waals surface area contributed by atoms with Crippen LogP contribution in [-0.4, -0.2) is 0 Å². The molecule has 5 aliphatic carbocycles. The molecular weight excluding hydrogens is 132 g/mol. The summed E-state index contributed by atoms with van der Waals surface area (Å²) < 4.78 is 0. The molecule has 5 fully saturated rings. The number of fused-ring (bicyclic) bond motifs is 2. The number of hydrogen-bond donors (Lipinski definition) is 0. The van der Waals surface area contributed by atoms with Crippen LogP contribution in [0.2, 0.25) is 0 Å². The summed E-state index contributed by atoms with van der Waals surface area (Å²) >= 11 is 0. The molecule has 0 heteroatoms. The van der Waals surface area contributed by atoms with Crippen molar-refractivity contribution in [2.45, 2.75) is 44.9 Å². The molecule has 5 rings (SSSR count). The Kier molecular flexibility index (Phi) is 1.33. The molecule has 0 aromatic heterocycles. The van der Waals surface area contributed by atoms with Gasteiger partial charge in [0.15, 0.2) is 0 Å². The molecule has 0 aromatic carbocycles. The fourth-order valence-corrected chi connectivity index (χ4v) is 3.98. The zero-order valence-corrected chi connectivity index (χ0v) is 7.26. The van der Waals surface area contributed by atoms with E-state index in [9.17, 15) is 0 Å². The predicted molar refractivity (Wildman–Crippen MR) is 46.3 cm³/mol. The van der Waals surface area contributed by atoms with Gasteiger partial charge in [-0.15, -0.1) is 0 Å². The van der Waals surface area contributed by atoms with Crippen molar-refractivity contribution < 1.29 is 0 Å². The Morgan fingerprint density at radius 1 is 0.545 bits per heavy atom. The molecule has 0 heterocycles. The highest BCUT2D eigenvalue weighted by Crippen LogP contribution is 2.51. The molecule has 0 amide bonds. The van der Waals surface area contributed by atoms with Crippen molar-refractivity contribution in [3.63, 3.8) is 0 Å². The fourth-order valence-electron chi connectivity index (χ4n) is 3.98. The minimum atomic E-state index is 1.16. The standard InChI is InChI=1S/C11H18/c1-3-10-7-9-2-4-11(10)6-8(1)5-9/h8-11H,1-7H2. The van der Waals surface area contributed by atoms with E-state index in [0.717, 1.165) is 11.8 Å². The van der Waals surface area contributed by atoms with Gasteiger partial charge in [-0.05, 0) is 55.8 Å². The fraction of sp³-hybridized carbons (Fsp3) is 1.00. The van der Waals surface area contributed by atoms with Crippen molar-refractivity contribution in [3.05, 3.63) is 0 Å². The summed E-state index contributed by atoms with van der Waals surface area (Å²) in [4.78, 5) is 0. The molecule has 0 aromatic rings. The van der Waals surface area contributed by atoms with Gasteiger partial charge in [0, 0.05) is 0 Å². The number of rotatable bonds is 0. The van der Waals surface area contributed by atoms with Crippen LogP contribution in [0.15, 0.2) is 0 Å². The van der Waals surface area contributed by atoms with Crippen molar-refractivity contribution >= 4 is 0 Å². The van der Waals surface area contributed by atoms with Gasteiger partial charge in [0.1, 0.15) is 0 Å². The molecule has 0 nitrogen and oxygen atoms in total. The third kappa shape index (κ3) is 0.947. The predicted octanol–water partition coefficient (Wildman–Crippen LogP) is 3.22. The average Bonchev–Trinajstić information content (AvgIpc) is 2.37. The Labute approximate surface area is 69.4 Å². The highest BCUT2D eigenvalue weighted by atomic mass is 14.5. The molecule has 0 saturated heterocycles. The van der Waals surface area contributed by atoms with Crippen molar-refractivity contribution in [1.29, 1.82) is 0 Å². The molecule has 0 radical (unpaired) electrons. The maximum atomic E-state index is 1.61. The first-order valence-electron chi connectivity index (χ1n) is 5.42. The molecule has 11 heavy (non-hydrogen) atoms. The molecule has 4 atom stereocenters. The topological polar surface area (TPSA) is 0 Å². The van der Waals surface area contributed by atoms with Crippen LogP contribution in [0.4, 0.5) is 0 Å². The van der Waals surface area contributed by atoms with Crippen LogP contribution < -0.4 is 0 Å². The molecule has 0 spiro atoms. The van der Waals surface area contributed by atoms with Gasteiger partial charge in [0.25, 0.3) is 0 Å². The van der Waals surface area contributed by atoms with Gasteiger partial charge in [0.2, 0.25) is 0 Å². The lowest BCUT2D eigenvalue weighted by Gasteiger charge is -2.35. The third-order valence-corrected chi connectivity index (χ3v) is 4.50. The second-order valence-corrected chi connectivity index (χ2v) is 5.11. The molecule has 0 aliphatic heterocycles. The maximum Gasteiger partial charge on any atom is -0.0383 e. The van der Waals surface area contributed by atoms with Crippen LogP contribution in [0.1, 0.15) is 44.9 Å². The lowest BCUT2D eigenvalue weighted by Crippen LogP contribution is -2.24. The van der Waals surface area contributed by atoms with Crippen molar-refractivity contribution in [2.24, 2.45) is 23.7 Å². The summed E-state index contributed by atoms with van der Waals surface area (Å²) in [5.41, 5.74) is 0. The summed E-state index contributed by atoms with van der Waals surface area (Å²) in [6.45, 7) is 0. The minimum absolute atomic E-state index is 1.16. The molecule has 5 saturated carbocycles. The first-order chi connectivity index (χ1) is 5.42. The van der Waals surface area contributed by atoms with Gasteiger partial charge in [-0.2, -0.15) is 0 Å². The maximum absolute atomic E-state index is 1.61. The van der Waals surface area contributed by atoms with Crippen LogP contribution in [0.3, 0.4) is 0 Å². The van der Waals surface area contributed by atoms with Crippen molar-refractivity contribution in [3.8, 4) is 0 Å². The lowest BCUT2D eigenvalue weighted by molar-refractivity contribution is 0.164. The van der Waals surface area contributed by atoms with E-state index in [2.05, 4.69) is 0 Å². The second-order valence-electron chi connectivity index (χ2n) is 5.11. The molecule has 0 N–H and O–H groups in total. The van der Waals surface area contributed by atoms with Gasteiger partial charge in [0.05, 0.1) is 0 Å². The second kappa shape index (κ2) is 2.24. The van der Waals surface area contributed by atoms with E-state index in [1.807, 2.05) is 0 Å². The zero-order valence-electron chi connectivity index (χ0n) is 7.26. The van der Waals surface area contributed by atoms with Gasteiger partial charge >= 0.3 is 0 Å². The van der Waals surface area contributed by atoms with Gasteiger partial charge < -0.3 is 0 Å². The molecule has 5 aliphatic rings. The largest absolute Gasteiger partial charge is 0.0502 e. The van der Waals surface area contributed by atoms with Gasteiger partial charge in [-0.25, -0.2) is 0 Å². The monoisotopic (exact) mass is 150 g/mol. The smallest absolute Gasteiger partial charge is 0.0383 e. The molecular formula is C11H18. The Balaban J connectivity index is 1.92. The number of hydrogen-bond acceptors (Lipinski definition) is 0. The van der Waals surface area contributed by atoms with E-state index in [1.165, 1.54) is 11.8 Å². The summed E-state index contributed by atoms with van der Waals surface area (Å²) in [5.74, 6) is 4.66. The van der Waals surface area contributed by atoms with E-state index < -0.39 is 0 Å². The summed E-state index contributed by atoms with van der Waals surface area (Å²) in [6, 6.07) is 0. The minimum Gasteiger partial charge on any atom is -0.0502 e. The zero-order chi connectivity index (χ0) is 7.26. The Hall–Kier alpha value is 0. The van der Waals surface area contributed by atoms with Gasteiger partial charge in [-0.1, -0.05) is 12.8 Å². The quantitative estimate of drug-likeness (QED) is 0.497. The highest BCUT2D eigenvalue weighted by molar-refractivity contribution is 4.91. The SMILES string of the molecule is C1CC2CC3CCC2CC1C3. The van der Waals surface area contributed by atoms with Crippen LogP contribution in [0, 0.1) is 23.7 Å². The molecule has 62 valence electrons.